The van der Waals surface area contributed by atoms with E-state index in [0.29, 0.717) is 34.7 Å². The molecule has 0 saturated carbocycles. The SMILES string of the molecule is CC(C)C[C@H](N)C(=O)Nc1ccc(SC(F)F)cc1. The predicted molar refractivity (Wildman–Crippen MR) is 74.4 cm³/mol. The molecule has 106 valence electrons. The molecule has 1 aromatic carbocycles. The summed E-state index contributed by atoms with van der Waals surface area (Å²) in [5, 5.41) is 2.67. The zero-order valence-electron chi connectivity index (χ0n) is 10.9. The molecular formula is C13H18F2N2OS. The number of nitrogens with one attached hydrogen (secondary N) is 1. The first kappa shape index (κ1) is 15.9. The lowest BCUT2D eigenvalue weighted by atomic mass is 10.0. The van der Waals surface area contributed by atoms with Gasteiger partial charge in [0.05, 0.1) is 6.04 Å². The molecule has 1 atom stereocenters. The van der Waals surface area contributed by atoms with Crippen molar-refractivity contribution in [1.82, 2.24) is 0 Å². The number of hydrogen-bond donors (Lipinski definition) is 2. The van der Waals surface area contributed by atoms with Gasteiger partial charge in [-0.05, 0) is 36.6 Å². The van der Waals surface area contributed by atoms with Gasteiger partial charge in [0.1, 0.15) is 0 Å². The van der Waals surface area contributed by atoms with E-state index in [-0.39, 0.29) is 5.91 Å². The number of rotatable bonds is 6. The monoisotopic (exact) mass is 288 g/mol. The highest BCUT2D eigenvalue weighted by molar-refractivity contribution is 7.99. The molecular weight excluding hydrogens is 270 g/mol. The van der Waals surface area contributed by atoms with Crippen LogP contribution in [0.2, 0.25) is 0 Å². The summed E-state index contributed by atoms with van der Waals surface area (Å²) in [6, 6.07) is 5.70. The first-order chi connectivity index (χ1) is 8.88. The second-order valence-electron chi connectivity index (χ2n) is 4.63. The van der Waals surface area contributed by atoms with E-state index in [9.17, 15) is 13.6 Å². The lowest BCUT2D eigenvalue weighted by molar-refractivity contribution is -0.117. The molecule has 1 amide bonds. The van der Waals surface area contributed by atoms with Gasteiger partial charge >= 0.3 is 0 Å². The number of halogens is 2. The van der Waals surface area contributed by atoms with Gasteiger partial charge in [0.15, 0.2) is 0 Å². The van der Waals surface area contributed by atoms with E-state index in [1.54, 1.807) is 24.3 Å². The molecule has 0 spiro atoms. The minimum Gasteiger partial charge on any atom is -0.325 e. The maximum absolute atomic E-state index is 12.1. The fourth-order valence-electron chi connectivity index (χ4n) is 1.57. The van der Waals surface area contributed by atoms with Gasteiger partial charge in [-0.2, -0.15) is 8.78 Å². The summed E-state index contributed by atoms with van der Waals surface area (Å²) in [5.41, 5.74) is 6.30. The van der Waals surface area contributed by atoms with Crippen molar-refractivity contribution >= 4 is 23.4 Å². The molecule has 1 rings (SSSR count). The molecule has 0 aromatic heterocycles. The van der Waals surface area contributed by atoms with Crippen LogP contribution in [0.4, 0.5) is 14.5 Å². The zero-order valence-corrected chi connectivity index (χ0v) is 11.7. The largest absolute Gasteiger partial charge is 0.325 e. The molecule has 3 N–H and O–H groups in total. The Balaban J connectivity index is 2.55. The number of carbonyl (C=O) groups excluding carboxylic acids is 1. The minimum atomic E-state index is -2.44. The number of nitrogens with two attached hydrogens (primary N) is 1. The van der Waals surface area contributed by atoms with Crippen LogP contribution >= 0.6 is 11.8 Å². The molecule has 3 nitrogen and oxygen atoms in total. The fraction of sp³-hybridized carbons (Fsp3) is 0.462. The lowest BCUT2D eigenvalue weighted by Gasteiger charge is -2.14. The van der Waals surface area contributed by atoms with Crippen LogP contribution in [0.3, 0.4) is 0 Å². The second kappa shape index (κ2) is 7.45. The van der Waals surface area contributed by atoms with Crippen LogP contribution in [0.15, 0.2) is 29.2 Å². The summed E-state index contributed by atoms with van der Waals surface area (Å²) in [4.78, 5) is 12.2. The van der Waals surface area contributed by atoms with Gasteiger partial charge in [-0.1, -0.05) is 25.6 Å². The van der Waals surface area contributed by atoms with E-state index in [4.69, 9.17) is 5.73 Å². The van der Waals surface area contributed by atoms with Gasteiger partial charge in [0, 0.05) is 10.6 Å². The lowest BCUT2D eigenvalue weighted by Crippen LogP contribution is -2.36. The summed E-state index contributed by atoms with van der Waals surface area (Å²) in [5.74, 6) is -2.37. The molecule has 0 saturated heterocycles. The van der Waals surface area contributed by atoms with Crippen molar-refractivity contribution in [2.75, 3.05) is 5.32 Å². The third kappa shape index (κ3) is 6.02. The molecule has 0 unspecified atom stereocenters. The number of benzene rings is 1. The van der Waals surface area contributed by atoms with Crippen LogP contribution in [0.1, 0.15) is 20.3 Å². The van der Waals surface area contributed by atoms with Crippen molar-refractivity contribution < 1.29 is 13.6 Å². The predicted octanol–water partition coefficient (Wildman–Crippen LogP) is 3.31. The summed E-state index contributed by atoms with van der Waals surface area (Å²) in [6.07, 6.45) is 0.602. The first-order valence-corrected chi connectivity index (χ1v) is 6.87. The summed E-state index contributed by atoms with van der Waals surface area (Å²) >= 11 is 0.470. The topological polar surface area (TPSA) is 55.1 Å². The second-order valence-corrected chi connectivity index (χ2v) is 5.69. The third-order valence-electron chi connectivity index (χ3n) is 2.41. The molecule has 1 aromatic rings. The van der Waals surface area contributed by atoms with Crippen molar-refractivity contribution in [3.05, 3.63) is 24.3 Å². The van der Waals surface area contributed by atoms with Gasteiger partial charge < -0.3 is 11.1 Å². The summed E-state index contributed by atoms with van der Waals surface area (Å²) in [6.45, 7) is 3.98. The van der Waals surface area contributed by atoms with Crippen molar-refractivity contribution in [2.24, 2.45) is 11.7 Å². The van der Waals surface area contributed by atoms with Gasteiger partial charge in [-0.3, -0.25) is 4.79 Å². The van der Waals surface area contributed by atoms with Crippen molar-refractivity contribution in [1.29, 1.82) is 0 Å². The average Bonchev–Trinajstić information content (AvgIpc) is 2.30. The Morgan fingerprint density at radius 3 is 2.37 bits per heavy atom. The van der Waals surface area contributed by atoms with E-state index in [2.05, 4.69) is 5.32 Å². The van der Waals surface area contributed by atoms with Crippen LogP contribution in [0.25, 0.3) is 0 Å². The number of carbonyl (C=O) groups is 1. The number of hydrogen-bond acceptors (Lipinski definition) is 3. The molecule has 0 heterocycles. The Bertz CT molecular complexity index is 410. The Labute approximate surface area is 115 Å². The molecule has 0 aliphatic rings. The van der Waals surface area contributed by atoms with Crippen molar-refractivity contribution in [3.63, 3.8) is 0 Å². The number of amides is 1. The molecule has 0 aliphatic heterocycles. The molecule has 0 bridgehead atoms. The van der Waals surface area contributed by atoms with E-state index < -0.39 is 11.8 Å². The molecule has 6 heteroatoms. The van der Waals surface area contributed by atoms with Gasteiger partial charge in [-0.15, -0.1) is 0 Å². The highest BCUT2D eigenvalue weighted by Crippen LogP contribution is 2.26. The average molecular weight is 288 g/mol. The maximum atomic E-state index is 12.1. The minimum absolute atomic E-state index is 0.261. The summed E-state index contributed by atoms with van der Waals surface area (Å²) in [7, 11) is 0. The Hall–Kier alpha value is -1.14. The van der Waals surface area contributed by atoms with Gasteiger partial charge in [0.25, 0.3) is 5.76 Å². The quantitative estimate of drug-likeness (QED) is 0.790. The van der Waals surface area contributed by atoms with Crippen molar-refractivity contribution in [2.45, 2.75) is 37.0 Å². The Morgan fingerprint density at radius 2 is 1.89 bits per heavy atom. The van der Waals surface area contributed by atoms with E-state index in [0.717, 1.165) is 0 Å². The summed E-state index contributed by atoms with van der Waals surface area (Å²) < 4.78 is 24.3. The van der Waals surface area contributed by atoms with Crippen LogP contribution in [0.5, 0.6) is 0 Å². The fourth-order valence-corrected chi connectivity index (χ4v) is 2.07. The van der Waals surface area contributed by atoms with Gasteiger partial charge in [0.2, 0.25) is 5.91 Å². The van der Waals surface area contributed by atoms with Crippen LogP contribution in [-0.4, -0.2) is 17.7 Å². The molecule has 0 fully saturated rings. The van der Waals surface area contributed by atoms with E-state index >= 15 is 0 Å². The van der Waals surface area contributed by atoms with Crippen LogP contribution in [0, 0.1) is 5.92 Å². The third-order valence-corrected chi connectivity index (χ3v) is 3.13. The zero-order chi connectivity index (χ0) is 14.4. The smallest absolute Gasteiger partial charge is 0.288 e. The number of alkyl halides is 2. The molecule has 0 aliphatic carbocycles. The number of anilines is 1. The normalized spacial score (nSPS) is 12.8. The highest BCUT2D eigenvalue weighted by atomic mass is 32.2. The van der Waals surface area contributed by atoms with Crippen LogP contribution < -0.4 is 11.1 Å². The standard InChI is InChI=1S/C13H18F2N2OS/c1-8(2)7-11(16)12(18)17-9-3-5-10(6-4-9)19-13(14)15/h3-6,8,11,13H,7,16H2,1-2H3,(H,17,18)/t11-/m0/s1. The Kier molecular flexibility index (Phi) is 6.24. The van der Waals surface area contributed by atoms with Crippen LogP contribution in [-0.2, 0) is 4.79 Å². The first-order valence-electron chi connectivity index (χ1n) is 5.99. The molecule has 0 radical (unpaired) electrons. The van der Waals surface area contributed by atoms with E-state index in [1.165, 1.54) is 0 Å². The highest BCUT2D eigenvalue weighted by Gasteiger charge is 2.15. The molecule has 19 heavy (non-hydrogen) atoms. The Morgan fingerprint density at radius 1 is 1.32 bits per heavy atom. The van der Waals surface area contributed by atoms with E-state index in [1.807, 2.05) is 13.8 Å². The number of thioether (sulfide) groups is 1. The van der Waals surface area contributed by atoms with Gasteiger partial charge in [-0.25, -0.2) is 0 Å². The van der Waals surface area contributed by atoms with Crippen molar-refractivity contribution in [3.8, 4) is 0 Å². The maximum Gasteiger partial charge on any atom is 0.288 e.